The molecule has 3 aromatic rings. The minimum atomic E-state index is -3.27. The van der Waals surface area contributed by atoms with E-state index in [-0.39, 0.29) is 23.8 Å². The third-order valence-corrected chi connectivity index (χ3v) is 6.49. The number of rotatable bonds is 6. The lowest BCUT2D eigenvalue weighted by atomic mass is 9.98. The maximum atomic E-state index is 14.3. The third kappa shape index (κ3) is 5.56. The lowest BCUT2D eigenvalue weighted by molar-refractivity contribution is -0.137. The number of carbonyl (C=O) groups is 1. The van der Waals surface area contributed by atoms with Crippen molar-refractivity contribution in [3.05, 3.63) is 88.7 Å². The first kappa shape index (κ1) is 23.3. The molecule has 1 atom stereocenters. The molecule has 1 aliphatic heterocycles. The molecule has 1 aliphatic rings. The summed E-state index contributed by atoms with van der Waals surface area (Å²) in [4.78, 5) is 11.2. The normalized spacial score (nSPS) is 14.5. The topological polar surface area (TPSA) is 89.9 Å². The van der Waals surface area contributed by atoms with Crippen LogP contribution in [0.1, 0.15) is 34.6 Å². The van der Waals surface area contributed by atoms with Crippen LogP contribution in [0.5, 0.6) is 11.5 Å². The van der Waals surface area contributed by atoms with Crippen molar-refractivity contribution < 1.29 is 32.2 Å². The van der Waals surface area contributed by atoms with Crippen LogP contribution in [-0.4, -0.2) is 32.4 Å². The van der Waals surface area contributed by atoms with Crippen molar-refractivity contribution >= 4 is 15.8 Å². The van der Waals surface area contributed by atoms with Gasteiger partial charge in [0.2, 0.25) is 0 Å². The lowest BCUT2D eigenvalue weighted by Crippen LogP contribution is -2.07. The molecule has 1 unspecified atom stereocenters. The molecular formula is C26H21FO6S. The fourth-order valence-electron chi connectivity index (χ4n) is 3.58. The summed E-state index contributed by atoms with van der Waals surface area (Å²) in [6.07, 6.45) is 1.13. The van der Waals surface area contributed by atoms with Crippen LogP contribution in [-0.2, 0) is 21.2 Å². The van der Waals surface area contributed by atoms with Crippen LogP contribution in [0.4, 0.5) is 4.39 Å². The highest BCUT2D eigenvalue weighted by Crippen LogP contribution is 2.38. The quantitative estimate of drug-likeness (QED) is 0.533. The van der Waals surface area contributed by atoms with Gasteiger partial charge < -0.3 is 14.6 Å². The van der Waals surface area contributed by atoms with Crippen LogP contribution in [0.15, 0.2) is 65.6 Å². The van der Waals surface area contributed by atoms with E-state index >= 15 is 0 Å². The number of hydrogen-bond donors (Lipinski definition) is 1. The molecule has 4 rings (SSSR count). The van der Waals surface area contributed by atoms with Gasteiger partial charge in [0.1, 0.15) is 23.9 Å². The summed E-state index contributed by atoms with van der Waals surface area (Å²) in [6, 6.07) is 15.9. The van der Waals surface area contributed by atoms with Crippen molar-refractivity contribution in [3.63, 3.8) is 0 Å². The Balaban J connectivity index is 1.45. The first-order valence-electron chi connectivity index (χ1n) is 10.4. The molecule has 0 saturated heterocycles. The van der Waals surface area contributed by atoms with Gasteiger partial charge >= 0.3 is 5.97 Å². The Morgan fingerprint density at radius 1 is 1.09 bits per heavy atom. The molecule has 8 heteroatoms. The molecule has 0 aromatic heterocycles. The number of carboxylic acids is 1. The van der Waals surface area contributed by atoms with Gasteiger partial charge in [-0.25, -0.2) is 12.8 Å². The Kier molecular flexibility index (Phi) is 6.57. The average Bonchev–Trinajstić information content (AvgIpc) is 3.18. The van der Waals surface area contributed by atoms with E-state index in [0.717, 1.165) is 11.8 Å². The van der Waals surface area contributed by atoms with E-state index in [1.54, 1.807) is 42.5 Å². The van der Waals surface area contributed by atoms with Crippen LogP contribution < -0.4 is 9.47 Å². The van der Waals surface area contributed by atoms with Gasteiger partial charge in [-0.05, 0) is 48.5 Å². The molecule has 1 heterocycles. The molecule has 0 aliphatic carbocycles. The largest absolute Gasteiger partial charge is 0.492 e. The number of carboxylic acid groups (broad SMARTS) is 1. The van der Waals surface area contributed by atoms with E-state index in [0.29, 0.717) is 34.8 Å². The van der Waals surface area contributed by atoms with E-state index in [4.69, 9.17) is 14.6 Å². The Hall–Kier alpha value is -3.83. The van der Waals surface area contributed by atoms with Gasteiger partial charge in [-0.3, -0.25) is 4.79 Å². The van der Waals surface area contributed by atoms with Crippen molar-refractivity contribution in [3.8, 4) is 23.3 Å². The van der Waals surface area contributed by atoms with Crippen LogP contribution >= 0.6 is 0 Å². The van der Waals surface area contributed by atoms with Crippen LogP contribution in [0, 0.1) is 17.7 Å². The second-order valence-corrected chi connectivity index (χ2v) is 9.96. The second-order valence-electron chi connectivity index (χ2n) is 7.95. The number of benzene rings is 3. The summed E-state index contributed by atoms with van der Waals surface area (Å²) in [5.41, 5.74) is 2.36. The van der Waals surface area contributed by atoms with E-state index in [1.807, 2.05) is 0 Å². The zero-order valence-electron chi connectivity index (χ0n) is 18.2. The number of ether oxygens (including phenoxy) is 2. The zero-order valence-corrected chi connectivity index (χ0v) is 19.1. The maximum absolute atomic E-state index is 14.3. The van der Waals surface area contributed by atoms with E-state index in [2.05, 4.69) is 11.8 Å². The average molecular weight is 481 g/mol. The van der Waals surface area contributed by atoms with Gasteiger partial charge in [0.05, 0.1) is 17.9 Å². The first-order chi connectivity index (χ1) is 16.2. The molecule has 174 valence electrons. The van der Waals surface area contributed by atoms with E-state index in [9.17, 15) is 17.6 Å². The number of sulfone groups is 1. The summed E-state index contributed by atoms with van der Waals surface area (Å²) < 4.78 is 48.7. The van der Waals surface area contributed by atoms with Crippen molar-refractivity contribution in [1.29, 1.82) is 0 Å². The minimum Gasteiger partial charge on any atom is -0.492 e. The Bertz CT molecular complexity index is 1400. The highest BCUT2D eigenvalue weighted by atomic mass is 32.2. The minimum absolute atomic E-state index is 0.00586. The maximum Gasteiger partial charge on any atom is 0.304 e. The Labute approximate surface area is 196 Å². The summed E-state index contributed by atoms with van der Waals surface area (Å²) in [5, 5.41) is 9.01. The zero-order chi connectivity index (χ0) is 24.3. The SMILES string of the molecule is CS(=O)(=O)c1ccc(C#Cc2ccc(F)c(COc3ccc4c(c3)OCC4CC(=O)O)c2)cc1. The van der Waals surface area contributed by atoms with Crippen LogP contribution in [0.3, 0.4) is 0 Å². The van der Waals surface area contributed by atoms with Gasteiger partial charge in [0.25, 0.3) is 0 Å². The summed E-state index contributed by atoms with van der Waals surface area (Å²) in [5.74, 6) is 5.44. The number of aliphatic carboxylic acids is 1. The molecule has 0 amide bonds. The monoisotopic (exact) mass is 480 g/mol. The fourth-order valence-corrected chi connectivity index (χ4v) is 4.21. The molecule has 6 nitrogen and oxygen atoms in total. The van der Waals surface area contributed by atoms with E-state index < -0.39 is 21.6 Å². The predicted octanol–water partition coefficient (Wildman–Crippen LogP) is 4.16. The molecule has 0 saturated carbocycles. The lowest BCUT2D eigenvalue weighted by Gasteiger charge is -2.10. The fraction of sp³-hybridized carbons (Fsp3) is 0.192. The first-order valence-corrected chi connectivity index (χ1v) is 12.3. The van der Waals surface area contributed by atoms with Crippen molar-refractivity contribution in [1.82, 2.24) is 0 Å². The van der Waals surface area contributed by atoms with Crippen LogP contribution in [0.25, 0.3) is 0 Å². The van der Waals surface area contributed by atoms with Crippen LogP contribution in [0.2, 0.25) is 0 Å². The van der Waals surface area contributed by atoms with Gasteiger partial charge in [0, 0.05) is 40.5 Å². The smallest absolute Gasteiger partial charge is 0.304 e. The van der Waals surface area contributed by atoms with Gasteiger partial charge in [-0.1, -0.05) is 17.9 Å². The van der Waals surface area contributed by atoms with Crippen molar-refractivity contribution in [2.45, 2.75) is 23.8 Å². The molecule has 1 N–H and O–H groups in total. The standard InChI is InChI=1S/C26H21FO6S/c1-34(30,31)22-8-4-17(5-9-22)2-3-18-6-11-24(27)20(12-18)16-32-21-7-10-23-19(13-26(28)29)15-33-25(23)14-21/h4-12,14,19H,13,15-16H2,1H3,(H,28,29). The Morgan fingerprint density at radius 3 is 2.50 bits per heavy atom. The molecule has 0 radical (unpaired) electrons. The number of halogens is 1. The highest BCUT2D eigenvalue weighted by Gasteiger charge is 2.26. The van der Waals surface area contributed by atoms with Gasteiger partial charge in [-0.2, -0.15) is 0 Å². The van der Waals surface area contributed by atoms with Crippen molar-refractivity contribution in [2.24, 2.45) is 0 Å². The molecule has 34 heavy (non-hydrogen) atoms. The molecule has 0 bridgehead atoms. The third-order valence-electron chi connectivity index (χ3n) is 5.36. The second kappa shape index (κ2) is 9.57. The number of fused-ring (bicyclic) bond motifs is 1. The molecular weight excluding hydrogens is 459 g/mol. The van der Waals surface area contributed by atoms with Crippen molar-refractivity contribution in [2.75, 3.05) is 12.9 Å². The van der Waals surface area contributed by atoms with E-state index in [1.165, 1.54) is 18.2 Å². The molecule has 0 spiro atoms. The predicted molar refractivity (Wildman–Crippen MR) is 123 cm³/mol. The van der Waals surface area contributed by atoms with Gasteiger partial charge in [0.15, 0.2) is 9.84 Å². The molecule has 0 fully saturated rings. The highest BCUT2D eigenvalue weighted by molar-refractivity contribution is 7.90. The molecule has 3 aromatic carbocycles. The summed E-state index contributed by atoms with van der Waals surface area (Å²) in [7, 11) is -3.27. The van der Waals surface area contributed by atoms with Gasteiger partial charge in [-0.15, -0.1) is 0 Å². The Morgan fingerprint density at radius 2 is 1.79 bits per heavy atom. The summed E-state index contributed by atoms with van der Waals surface area (Å²) in [6.45, 7) is 0.277. The number of hydrogen-bond acceptors (Lipinski definition) is 5. The summed E-state index contributed by atoms with van der Waals surface area (Å²) >= 11 is 0.